The molecular formula is C15H21F2N. The monoisotopic (exact) mass is 253 g/mol. The van der Waals surface area contributed by atoms with Crippen LogP contribution in [0.15, 0.2) is 18.2 Å². The van der Waals surface area contributed by atoms with Crippen molar-refractivity contribution < 1.29 is 8.78 Å². The van der Waals surface area contributed by atoms with Crippen LogP contribution in [0.2, 0.25) is 0 Å². The van der Waals surface area contributed by atoms with Crippen molar-refractivity contribution in [2.24, 2.45) is 11.8 Å². The van der Waals surface area contributed by atoms with Gasteiger partial charge in [0.1, 0.15) is 11.6 Å². The SMILES string of the molecule is CC1CCCCC1CNCc1c(F)cccc1F. The third-order valence-electron chi connectivity index (χ3n) is 4.06. The van der Waals surface area contributed by atoms with Crippen LogP contribution in [0.4, 0.5) is 8.78 Å². The van der Waals surface area contributed by atoms with E-state index in [9.17, 15) is 8.78 Å². The summed E-state index contributed by atoms with van der Waals surface area (Å²) in [4.78, 5) is 0. The lowest BCUT2D eigenvalue weighted by Gasteiger charge is -2.28. The molecule has 1 fully saturated rings. The molecule has 0 aromatic heterocycles. The first kappa shape index (κ1) is 13.5. The number of hydrogen-bond donors (Lipinski definition) is 1. The van der Waals surface area contributed by atoms with Crippen LogP contribution in [-0.2, 0) is 6.54 Å². The maximum Gasteiger partial charge on any atom is 0.130 e. The van der Waals surface area contributed by atoms with Crippen molar-refractivity contribution in [2.75, 3.05) is 6.54 Å². The molecule has 0 radical (unpaired) electrons. The Labute approximate surface area is 108 Å². The van der Waals surface area contributed by atoms with Gasteiger partial charge in [-0.25, -0.2) is 8.78 Å². The molecule has 0 spiro atoms. The van der Waals surface area contributed by atoms with E-state index in [1.165, 1.54) is 43.9 Å². The van der Waals surface area contributed by atoms with Gasteiger partial charge in [0.25, 0.3) is 0 Å². The highest BCUT2D eigenvalue weighted by Crippen LogP contribution is 2.28. The van der Waals surface area contributed by atoms with Crippen LogP contribution in [0.3, 0.4) is 0 Å². The molecule has 1 aromatic carbocycles. The average molecular weight is 253 g/mol. The molecule has 2 rings (SSSR count). The maximum atomic E-state index is 13.4. The smallest absolute Gasteiger partial charge is 0.130 e. The van der Waals surface area contributed by atoms with E-state index in [1.54, 1.807) is 0 Å². The summed E-state index contributed by atoms with van der Waals surface area (Å²) in [5.41, 5.74) is 0.154. The fourth-order valence-electron chi connectivity index (χ4n) is 2.78. The molecule has 2 atom stereocenters. The first-order chi connectivity index (χ1) is 8.68. The zero-order valence-corrected chi connectivity index (χ0v) is 10.9. The van der Waals surface area contributed by atoms with E-state index in [4.69, 9.17) is 0 Å². The van der Waals surface area contributed by atoms with Crippen LogP contribution < -0.4 is 5.32 Å². The molecule has 18 heavy (non-hydrogen) atoms. The quantitative estimate of drug-likeness (QED) is 0.858. The standard InChI is InChI=1S/C15H21F2N/c1-11-5-2-3-6-12(11)9-18-10-13-14(16)7-4-8-15(13)17/h4,7-8,11-12,18H,2-3,5-6,9-10H2,1H3. The second kappa shape index (κ2) is 6.28. The van der Waals surface area contributed by atoms with Crippen molar-refractivity contribution in [3.8, 4) is 0 Å². The molecule has 3 heteroatoms. The summed E-state index contributed by atoms with van der Waals surface area (Å²) >= 11 is 0. The van der Waals surface area contributed by atoms with Gasteiger partial charge in [0.15, 0.2) is 0 Å². The van der Waals surface area contributed by atoms with E-state index in [0.29, 0.717) is 5.92 Å². The summed E-state index contributed by atoms with van der Waals surface area (Å²) < 4.78 is 26.8. The van der Waals surface area contributed by atoms with Gasteiger partial charge in [-0.1, -0.05) is 32.3 Å². The Morgan fingerprint density at radius 1 is 1.17 bits per heavy atom. The molecule has 1 aliphatic carbocycles. The molecule has 0 saturated heterocycles. The van der Waals surface area contributed by atoms with Crippen LogP contribution in [0.1, 0.15) is 38.2 Å². The first-order valence-corrected chi connectivity index (χ1v) is 6.82. The predicted molar refractivity (Wildman–Crippen MR) is 69.2 cm³/mol. The van der Waals surface area contributed by atoms with Gasteiger partial charge in [0.2, 0.25) is 0 Å². The minimum atomic E-state index is -0.459. The van der Waals surface area contributed by atoms with Crippen molar-refractivity contribution in [1.29, 1.82) is 0 Å². The van der Waals surface area contributed by atoms with Crippen molar-refractivity contribution in [3.05, 3.63) is 35.4 Å². The Hall–Kier alpha value is -0.960. The Morgan fingerprint density at radius 2 is 1.83 bits per heavy atom. The number of benzene rings is 1. The largest absolute Gasteiger partial charge is 0.312 e. The molecule has 100 valence electrons. The van der Waals surface area contributed by atoms with Crippen molar-refractivity contribution >= 4 is 0 Å². The zero-order valence-electron chi connectivity index (χ0n) is 10.9. The summed E-state index contributed by atoms with van der Waals surface area (Å²) in [5.74, 6) is 0.448. The summed E-state index contributed by atoms with van der Waals surface area (Å²) in [7, 11) is 0. The summed E-state index contributed by atoms with van der Waals surface area (Å²) in [5, 5.41) is 3.20. The second-order valence-electron chi connectivity index (χ2n) is 5.35. The van der Waals surface area contributed by atoms with Crippen LogP contribution in [0, 0.1) is 23.5 Å². The third kappa shape index (κ3) is 3.29. The van der Waals surface area contributed by atoms with Gasteiger partial charge >= 0.3 is 0 Å². The molecule has 0 aliphatic heterocycles. The number of hydrogen-bond acceptors (Lipinski definition) is 1. The highest BCUT2D eigenvalue weighted by Gasteiger charge is 2.20. The second-order valence-corrected chi connectivity index (χ2v) is 5.35. The average Bonchev–Trinajstić information content (AvgIpc) is 2.35. The molecule has 1 N–H and O–H groups in total. The van der Waals surface area contributed by atoms with E-state index in [0.717, 1.165) is 12.5 Å². The predicted octanol–water partition coefficient (Wildman–Crippen LogP) is 3.88. The van der Waals surface area contributed by atoms with Crippen LogP contribution in [-0.4, -0.2) is 6.54 Å². The van der Waals surface area contributed by atoms with Gasteiger partial charge in [-0.2, -0.15) is 0 Å². The van der Waals surface area contributed by atoms with Gasteiger partial charge in [-0.05, 0) is 36.9 Å². The van der Waals surface area contributed by atoms with Gasteiger partial charge in [0, 0.05) is 12.1 Å². The molecule has 1 nitrogen and oxygen atoms in total. The van der Waals surface area contributed by atoms with Crippen molar-refractivity contribution in [2.45, 2.75) is 39.2 Å². The van der Waals surface area contributed by atoms with E-state index < -0.39 is 11.6 Å². The Balaban J connectivity index is 1.84. The Kier molecular flexibility index (Phi) is 4.70. The minimum absolute atomic E-state index is 0.154. The Bertz CT molecular complexity index is 372. The maximum absolute atomic E-state index is 13.4. The highest BCUT2D eigenvalue weighted by atomic mass is 19.1. The van der Waals surface area contributed by atoms with Crippen molar-refractivity contribution in [3.63, 3.8) is 0 Å². The topological polar surface area (TPSA) is 12.0 Å². The van der Waals surface area contributed by atoms with E-state index >= 15 is 0 Å². The van der Waals surface area contributed by atoms with Gasteiger partial charge in [-0.15, -0.1) is 0 Å². The molecule has 1 saturated carbocycles. The summed E-state index contributed by atoms with van der Waals surface area (Å²) in [6.07, 6.45) is 5.11. The first-order valence-electron chi connectivity index (χ1n) is 6.82. The van der Waals surface area contributed by atoms with Gasteiger partial charge in [-0.3, -0.25) is 0 Å². The normalized spacial score (nSPS) is 24.2. The Morgan fingerprint density at radius 3 is 2.50 bits per heavy atom. The fraction of sp³-hybridized carbons (Fsp3) is 0.600. The van der Waals surface area contributed by atoms with Gasteiger partial charge in [0.05, 0.1) is 0 Å². The lowest BCUT2D eigenvalue weighted by atomic mass is 9.80. The third-order valence-corrected chi connectivity index (χ3v) is 4.06. The van der Waals surface area contributed by atoms with Crippen molar-refractivity contribution in [1.82, 2.24) is 5.32 Å². The van der Waals surface area contributed by atoms with E-state index in [1.807, 2.05) is 0 Å². The number of halogens is 2. The molecule has 1 aromatic rings. The summed E-state index contributed by atoms with van der Waals surface area (Å²) in [6, 6.07) is 4.02. The van der Waals surface area contributed by atoms with Crippen LogP contribution in [0.5, 0.6) is 0 Å². The molecule has 0 amide bonds. The minimum Gasteiger partial charge on any atom is -0.312 e. The molecule has 1 aliphatic rings. The molecule has 0 heterocycles. The number of rotatable bonds is 4. The van der Waals surface area contributed by atoms with Gasteiger partial charge < -0.3 is 5.32 Å². The van der Waals surface area contributed by atoms with Crippen LogP contribution >= 0.6 is 0 Å². The molecule has 0 bridgehead atoms. The fourth-order valence-corrected chi connectivity index (χ4v) is 2.78. The lowest BCUT2D eigenvalue weighted by Crippen LogP contribution is -2.29. The van der Waals surface area contributed by atoms with E-state index in [2.05, 4.69) is 12.2 Å². The highest BCUT2D eigenvalue weighted by molar-refractivity contribution is 5.19. The molecular weight excluding hydrogens is 232 g/mol. The number of nitrogens with one attached hydrogen (secondary N) is 1. The van der Waals surface area contributed by atoms with E-state index in [-0.39, 0.29) is 12.1 Å². The summed E-state index contributed by atoms with van der Waals surface area (Å²) in [6.45, 7) is 3.41. The zero-order chi connectivity index (χ0) is 13.0. The lowest BCUT2D eigenvalue weighted by molar-refractivity contribution is 0.247. The molecule has 2 unspecified atom stereocenters. The van der Waals surface area contributed by atoms with Crippen LogP contribution in [0.25, 0.3) is 0 Å².